The van der Waals surface area contributed by atoms with Crippen molar-refractivity contribution >= 4 is 5.69 Å². The van der Waals surface area contributed by atoms with Crippen LogP contribution in [0, 0.1) is 13.8 Å². The van der Waals surface area contributed by atoms with Gasteiger partial charge < -0.3 is 14.4 Å². The first kappa shape index (κ1) is 16.3. The van der Waals surface area contributed by atoms with E-state index in [1.165, 1.54) is 22.4 Å². The second-order valence-electron chi connectivity index (χ2n) is 7.03. The third kappa shape index (κ3) is 3.59. The topological polar surface area (TPSA) is 24.9 Å². The molecule has 132 valence electrons. The minimum Gasteiger partial charge on any atom is -0.486 e. The van der Waals surface area contributed by atoms with Crippen molar-refractivity contribution in [3.8, 4) is 11.5 Å². The van der Waals surface area contributed by atoms with Crippen molar-refractivity contribution in [2.75, 3.05) is 44.3 Å². The Labute approximate surface area is 150 Å². The van der Waals surface area contributed by atoms with Gasteiger partial charge in [-0.3, -0.25) is 4.90 Å². The Morgan fingerprint density at radius 3 is 2.36 bits per heavy atom. The maximum atomic E-state index is 5.70. The lowest BCUT2D eigenvalue weighted by molar-refractivity contribution is 0.171. The Kier molecular flexibility index (Phi) is 4.53. The van der Waals surface area contributed by atoms with Gasteiger partial charge in [-0.05, 0) is 43.2 Å². The molecule has 2 aromatic rings. The molecule has 1 fully saturated rings. The Balaban J connectivity index is 1.37. The number of aryl methyl sites for hydroxylation is 2. The van der Waals surface area contributed by atoms with E-state index < -0.39 is 0 Å². The normalized spacial score (nSPS) is 17.6. The van der Waals surface area contributed by atoms with Crippen LogP contribution in [-0.2, 0) is 6.54 Å². The lowest BCUT2D eigenvalue weighted by Crippen LogP contribution is -2.46. The Morgan fingerprint density at radius 2 is 1.60 bits per heavy atom. The van der Waals surface area contributed by atoms with E-state index in [0.29, 0.717) is 13.2 Å². The number of piperazine rings is 1. The number of rotatable bonds is 3. The molecule has 4 rings (SSSR count). The maximum absolute atomic E-state index is 5.70. The van der Waals surface area contributed by atoms with Gasteiger partial charge in [-0.15, -0.1) is 0 Å². The largest absolute Gasteiger partial charge is 0.486 e. The molecule has 0 spiro atoms. The van der Waals surface area contributed by atoms with E-state index >= 15 is 0 Å². The number of anilines is 1. The molecule has 0 bridgehead atoms. The van der Waals surface area contributed by atoms with Crippen molar-refractivity contribution in [1.29, 1.82) is 0 Å². The minimum absolute atomic E-state index is 0.644. The highest BCUT2D eigenvalue weighted by Gasteiger charge is 2.19. The van der Waals surface area contributed by atoms with Crippen LogP contribution in [0.2, 0.25) is 0 Å². The molecule has 25 heavy (non-hydrogen) atoms. The highest BCUT2D eigenvalue weighted by Crippen LogP contribution is 2.31. The zero-order valence-corrected chi connectivity index (χ0v) is 15.1. The van der Waals surface area contributed by atoms with E-state index in [0.717, 1.165) is 44.2 Å². The Hall–Kier alpha value is -2.20. The highest BCUT2D eigenvalue weighted by molar-refractivity contribution is 5.54. The molecule has 0 aromatic heterocycles. The minimum atomic E-state index is 0.644. The standard InChI is InChI=1S/C21H26N2O2/c1-16-3-5-19(17(2)13-16)23-9-7-22(8-10-23)15-18-4-6-20-21(14-18)25-12-11-24-20/h3-6,13-14H,7-12,15H2,1-2H3. The first-order chi connectivity index (χ1) is 12.2. The van der Waals surface area contributed by atoms with Gasteiger partial charge in [0, 0.05) is 38.4 Å². The molecule has 4 heteroatoms. The van der Waals surface area contributed by atoms with Crippen LogP contribution in [0.3, 0.4) is 0 Å². The second-order valence-corrected chi connectivity index (χ2v) is 7.03. The van der Waals surface area contributed by atoms with Gasteiger partial charge in [0.25, 0.3) is 0 Å². The molecule has 1 saturated heterocycles. The van der Waals surface area contributed by atoms with Gasteiger partial charge in [0.2, 0.25) is 0 Å². The van der Waals surface area contributed by atoms with Crippen molar-refractivity contribution in [2.45, 2.75) is 20.4 Å². The van der Waals surface area contributed by atoms with Crippen molar-refractivity contribution in [3.63, 3.8) is 0 Å². The van der Waals surface area contributed by atoms with Crippen LogP contribution in [0.5, 0.6) is 11.5 Å². The summed E-state index contributed by atoms with van der Waals surface area (Å²) in [7, 11) is 0. The number of nitrogens with zero attached hydrogens (tertiary/aromatic N) is 2. The van der Waals surface area contributed by atoms with Gasteiger partial charge in [0.15, 0.2) is 11.5 Å². The van der Waals surface area contributed by atoms with Gasteiger partial charge in [-0.25, -0.2) is 0 Å². The summed E-state index contributed by atoms with van der Waals surface area (Å²) in [6.07, 6.45) is 0. The molecule has 0 saturated carbocycles. The van der Waals surface area contributed by atoms with E-state index in [1.54, 1.807) is 0 Å². The summed E-state index contributed by atoms with van der Waals surface area (Å²) in [5.41, 5.74) is 5.38. The second kappa shape index (κ2) is 6.96. The van der Waals surface area contributed by atoms with Crippen molar-refractivity contribution < 1.29 is 9.47 Å². The zero-order valence-electron chi connectivity index (χ0n) is 15.1. The Morgan fingerprint density at radius 1 is 0.840 bits per heavy atom. The fourth-order valence-corrected chi connectivity index (χ4v) is 3.75. The molecule has 2 heterocycles. The summed E-state index contributed by atoms with van der Waals surface area (Å²) in [6, 6.07) is 13.1. The van der Waals surface area contributed by atoms with Gasteiger partial charge >= 0.3 is 0 Å². The van der Waals surface area contributed by atoms with E-state index in [2.05, 4.69) is 54.0 Å². The average Bonchev–Trinajstić information content (AvgIpc) is 2.63. The molecule has 2 aliphatic rings. The number of ether oxygens (including phenoxy) is 2. The van der Waals surface area contributed by atoms with Gasteiger partial charge in [-0.1, -0.05) is 23.8 Å². The predicted molar refractivity (Wildman–Crippen MR) is 101 cm³/mol. The summed E-state index contributed by atoms with van der Waals surface area (Å²) >= 11 is 0. The molecule has 0 unspecified atom stereocenters. The molecule has 0 radical (unpaired) electrons. The van der Waals surface area contributed by atoms with Crippen LogP contribution >= 0.6 is 0 Å². The smallest absolute Gasteiger partial charge is 0.161 e. The number of fused-ring (bicyclic) bond motifs is 1. The van der Waals surface area contributed by atoms with Gasteiger partial charge in [0.05, 0.1) is 0 Å². The first-order valence-corrected chi connectivity index (χ1v) is 9.12. The van der Waals surface area contributed by atoms with Crippen molar-refractivity contribution in [2.24, 2.45) is 0 Å². The molecular formula is C21H26N2O2. The fourth-order valence-electron chi connectivity index (χ4n) is 3.75. The highest BCUT2D eigenvalue weighted by atomic mass is 16.6. The molecule has 2 aromatic carbocycles. The quantitative estimate of drug-likeness (QED) is 0.856. The number of benzene rings is 2. The van der Waals surface area contributed by atoms with Crippen LogP contribution in [0.25, 0.3) is 0 Å². The summed E-state index contributed by atoms with van der Waals surface area (Å²) < 4.78 is 11.3. The molecule has 4 nitrogen and oxygen atoms in total. The van der Waals surface area contributed by atoms with E-state index in [4.69, 9.17) is 9.47 Å². The number of hydrogen-bond acceptors (Lipinski definition) is 4. The third-order valence-corrected chi connectivity index (χ3v) is 5.08. The van der Waals surface area contributed by atoms with E-state index in [1.807, 2.05) is 6.07 Å². The van der Waals surface area contributed by atoms with E-state index in [-0.39, 0.29) is 0 Å². The predicted octanol–water partition coefficient (Wildman–Crippen LogP) is 3.40. The van der Waals surface area contributed by atoms with Gasteiger partial charge in [0.1, 0.15) is 13.2 Å². The molecular weight excluding hydrogens is 312 g/mol. The SMILES string of the molecule is Cc1ccc(N2CCN(Cc3ccc4c(c3)OCCO4)CC2)c(C)c1. The summed E-state index contributed by atoms with van der Waals surface area (Å²) in [5, 5.41) is 0. The lowest BCUT2D eigenvalue weighted by atomic mass is 10.1. The molecule has 0 aliphatic carbocycles. The molecule has 2 aliphatic heterocycles. The zero-order chi connectivity index (χ0) is 17.2. The van der Waals surface area contributed by atoms with Crippen LogP contribution < -0.4 is 14.4 Å². The van der Waals surface area contributed by atoms with Crippen LogP contribution in [0.1, 0.15) is 16.7 Å². The maximum Gasteiger partial charge on any atom is 0.161 e. The monoisotopic (exact) mass is 338 g/mol. The van der Waals surface area contributed by atoms with Crippen molar-refractivity contribution in [3.05, 3.63) is 53.1 Å². The molecule has 0 N–H and O–H groups in total. The fraction of sp³-hybridized carbons (Fsp3) is 0.429. The van der Waals surface area contributed by atoms with Crippen LogP contribution in [0.4, 0.5) is 5.69 Å². The average molecular weight is 338 g/mol. The third-order valence-electron chi connectivity index (χ3n) is 5.08. The molecule has 0 amide bonds. The van der Waals surface area contributed by atoms with Crippen LogP contribution in [0.15, 0.2) is 36.4 Å². The summed E-state index contributed by atoms with van der Waals surface area (Å²) in [6.45, 7) is 11.0. The number of hydrogen-bond donors (Lipinski definition) is 0. The lowest BCUT2D eigenvalue weighted by Gasteiger charge is -2.37. The van der Waals surface area contributed by atoms with Gasteiger partial charge in [-0.2, -0.15) is 0 Å². The molecule has 0 atom stereocenters. The van der Waals surface area contributed by atoms with E-state index in [9.17, 15) is 0 Å². The van der Waals surface area contributed by atoms with Crippen molar-refractivity contribution in [1.82, 2.24) is 4.90 Å². The summed E-state index contributed by atoms with van der Waals surface area (Å²) in [4.78, 5) is 5.03. The Bertz CT molecular complexity index is 752. The van der Waals surface area contributed by atoms with Crippen LogP contribution in [-0.4, -0.2) is 44.3 Å². The summed E-state index contributed by atoms with van der Waals surface area (Å²) in [5.74, 6) is 1.76. The first-order valence-electron chi connectivity index (χ1n) is 9.12.